The minimum Gasteiger partial charge on any atom is -0.480 e. The lowest BCUT2D eigenvalue weighted by molar-refractivity contribution is -0.142. The molecule has 0 saturated heterocycles. The molecule has 0 saturated carbocycles. The number of aliphatic hydroxyl groups is 1. The lowest BCUT2D eigenvalue weighted by atomic mass is 10.1. The Morgan fingerprint density at radius 3 is 2.28 bits per heavy atom. The second-order valence-electron chi connectivity index (χ2n) is 5.17. The molecule has 0 heterocycles. The molecule has 18 heavy (non-hydrogen) atoms. The van der Waals surface area contributed by atoms with Crippen molar-refractivity contribution in [1.29, 1.82) is 0 Å². The first-order chi connectivity index (χ1) is 8.17. The molecule has 2 atom stereocenters. The molecular formula is C12H23NO5. The van der Waals surface area contributed by atoms with Crippen molar-refractivity contribution in [2.75, 3.05) is 0 Å². The Kier molecular flexibility index (Phi) is 6.68. The number of carbonyl (C=O) groups excluding carboxylic acids is 1. The number of ether oxygens (including phenoxy) is 1. The molecule has 0 unspecified atom stereocenters. The third-order valence-corrected chi connectivity index (χ3v) is 2.18. The number of hydrogen-bond acceptors (Lipinski definition) is 4. The van der Waals surface area contributed by atoms with Crippen LogP contribution in [0, 0.1) is 0 Å². The minimum absolute atomic E-state index is 0.323. The average molecular weight is 261 g/mol. The lowest BCUT2D eigenvalue weighted by Crippen LogP contribution is -2.50. The Bertz CT molecular complexity index is 285. The van der Waals surface area contributed by atoms with Crippen molar-refractivity contribution >= 4 is 12.1 Å². The van der Waals surface area contributed by atoms with Crippen molar-refractivity contribution in [3.05, 3.63) is 0 Å². The van der Waals surface area contributed by atoms with Gasteiger partial charge in [0.2, 0.25) is 0 Å². The fourth-order valence-corrected chi connectivity index (χ4v) is 1.34. The van der Waals surface area contributed by atoms with Crippen molar-refractivity contribution in [3.63, 3.8) is 0 Å². The Morgan fingerprint density at radius 2 is 1.89 bits per heavy atom. The zero-order chi connectivity index (χ0) is 14.3. The average Bonchev–Trinajstić information content (AvgIpc) is 2.19. The summed E-state index contributed by atoms with van der Waals surface area (Å²) in [5.41, 5.74) is -0.707. The van der Waals surface area contributed by atoms with Crippen LogP contribution in [0.15, 0.2) is 0 Å². The lowest BCUT2D eigenvalue weighted by Gasteiger charge is -2.24. The van der Waals surface area contributed by atoms with Gasteiger partial charge < -0.3 is 20.3 Å². The second-order valence-corrected chi connectivity index (χ2v) is 5.17. The van der Waals surface area contributed by atoms with Crippen LogP contribution in [0.1, 0.15) is 47.0 Å². The number of rotatable bonds is 6. The number of carboxylic acids is 1. The molecule has 0 aromatic rings. The van der Waals surface area contributed by atoms with Gasteiger partial charge in [-0.2, -0.15) is 0 Å². The van der Waals surface area contributed by atoms with Crippen LogP contribution in [-0.4, -0.2) is 40.0 Å². The largest absolute Gasteiger partial charge is 0.480 e. The Morgan fingerprint density at radius 1 is 1.33 bits per heavy atom. The van der Waals surface area contributed by atoms with E-state index in [0.29, 0.717) is 12.8 Å². The number of alkyl carbamates (subject to hydrolysis) is 1. The number of amides is 1. The topological polar surface area (TPSA) is 95.9 Å². The van der Waals surface area contributed by atoms with E-state index in [1.807, 2.05) is 6.92 Å². The second kappa shape index (κ2) is 7.20. The molecule has 106 valence electrons. The summed E-state index contributed by atoms with van der Waals surface area (Å²) >= 11 is 0. The maximum Gasteiger partial charge on any atom is 0.408 e. The minimum atomic E-state index is -1.34. The van der Waals surface area contributed by atoms with Gasteiger partial charge in [0.25, 0.3) is 0 Å². The highest BCUT2D eigenvalue weighted by Gasteiger charge is 2.29. The Balaban J connectivity index is 4.44. The molecule has 0 aromatic heterocycles. The van der Waals surface area contributed by atoms with Crippen molar-refractivity contribution in [2.24, 2.45) is 0 Å². The maximum atomic E-state index is 11.4. The van der Waals surface area contributed by atoms with Gasteiger partial charge in [0, 0.05) is 0 Å². The standard InChI is InChI=1S/C12H23NO5/c1-5-6-7-8(14)9(10(15)16)13-11(17)18-12(2,3)4/h8-9,14H,5-7H2,1-4H3,(H,13,17)(H,15,16)/t8-,9+/m0/s1. The summed E-state index contributed by atoms with van der Waals surface area (Å²) < 4.78 is 4.95. The first-order valence-corrected chi connectivity index (χ1v) is 6.07. The summed E-state index contributed by atoms with van der Waals surface area (Å²) in [6.07, 6.45) is -0.0968. The van der Waals surface area contributed by atoms with Crippen LogP contribution in [0.4, 0.5) is 4.79 Å². The predicted octanol–water partition coefficient (Wildman–Crippen LogP) is 1.52. The molecule has 0 rings (SSSR count). The SMILES string of the molecule is CCCC[C@H](O)[C@@H](NC(=O)OC(C)(C)C)C(=O)O. The van der Waals surface area contributed by atoms with Crippen LogP contribution in [0.25, 0.3) is 0 Å². The zero-order valence-corrected chi connectivity index (χ0v) is 11.4. The number of hydrogen-bond donors (Lipinski definition) is 3. The third kappa shape index (κ3) is 7.11. The first kappa shape index (κ1) is 16.7. The molecule has 0 aliphatic carbocycles. The molecular weight excluding hydrogens is 238 g/mol. The van der Waals surface area contributed by atoms with Gasteiger partial charge in [-0.15, -0.1) is 0 Å². The van der Waals surface area contributed by atoms with Crippen LogP contribution in [0.3, 0.4) is 0 Å². The fourth-order valence-electron chi connectivity index (χ4n) is 1.34. The van der Waals surface area contributed by atoms with E-state index in [-0.39, 0.29) is 0 Å². The van der Waals surface area contributed by atoms with Crippen LogP contribution in [0.5, 0.6) is 0 Å². The molecule has 0 radical (unpaired) electrons. The molecule has 0 aromatic carbocycles. The van der Waals surface area contributed by atoms with Gasteiger partial charge in [0.15, 0.2) is 6.04 Å². The summed E-state index contributed by atoms with van der Waals surface area (Å²) in [5.74, 6) is -1.27. The van der Waals surface area contributed by atoms with E-state index in [9.17, 15) is 14.7 Å². The summed E-state index contributed by atoms with van der Waals surface area (Å²) in [7, 11) is 0. The van der Waals surface area contributed by atoms with Gasteiger partial charge in [-0.3, -0.25) is 0 Å². The van der Waals surface area contributed by atoms with Gasteiger partial charge in [-0.05, 0) is 27.2 Å². The summed E-state index contributed by atoms with van der Waals surface area (Å²) in [5, 5.41) is 20.8. The highest BCUT2D eigenvalue weighted by Crippen LogP contribution is 2.09. The van der Waals surface area contributed by atoms with E-state index >= 15 is 0 Å². The van der Waals surface area contributed by atoms with Crippen LogP contribution in [-0.2, 0) is 9.53 Å². The number of nitrogens with one attached hydrogen (secondary N) is 1. The third-order valence-electron chi connectivity index (χ3n) is 2.18. The highest BCUT2D eigenvalue weighted by atomic mass is 16.6. The number of carboxylic acid groups (broad SMARTS) is 1. The number of carbonyl (C=O) groups is 2. The summed E-state index contributed by atoms with van der Waals surface area (Å²) in [6.45, 7) is 6.96. The summed E-state index contributed by atoms with van der Waals surface area (Å²) in [4.78, 5) is 22.4. The molecule has 6 heteroatoms. The van der Waals surface area contributed by atoms with E-state index < -0.39 is 29.8 Å². The van der Waals surface area contributed by atoms with E-state index in [1.165, 1.54) is 0 Å². The predicted molar refractivity (Wildman–Crippen MR) is 66.3 cm³/mol. The van der Waals surface area contributed by atoms with Gasteiger partial charge in [0.05, 0.1) is 6.10 Å². The van der Waals surface area contributed by atoms with Crippen molar-refractivity contribution in [3.8, 4) is 0 Å². The highest BCUT2D eigenvalue weighted by molar-refractivity contribution is 5.80. The van der Waals surface area contributed by atoms with E-state index in [0.717, 1.165) is 6.42 Å². The van der Waals surface area contributed by atoms with Crippen LogP contribution >= 0.6 is 0 Å². The number of aliphatic carboxylic acids is 1. The Labute approximate surface area is 107 Å². The number of unbranched alkanes of at least 4 members (excludes halogenated alkanes) is 1. The zero-order valence-electron chi connectivity index (χ0n) is 11.4. The van der Waals surface area contributed by atoms with Crippen LogP contribution < -0.4 is 5.32 Å². The number of aliphatic hydroxyl groups excluding tert-OH is 1. The molecule has 0 fully saturated rings. The molecule has 6 nitrogen and oxygen atoms in total. The van der Waals surface area contributed by atoms with Gasteiger partial charge in [-0.25, -0.2) is 9.59 Å². The van der Waals surface area contributed by atoms with E-state index in [1.54, 1.807) is 20.8 Å². The molecule has 3 N–H and O–H groups in total. The molecule has 0 bridgehead atoms. The monoisotopic (exact) mass is 261 g/mol. The van der Waals surface area contributed by atoms with E-state index in [4.69, 9.17) is 9.84 Å². The molecule has 0 aliphatic heterocycles. The van der Waals surface area contributed by atoms with Crippen molar-refractivity contribution in [1.82, 2.24) is 5.32 Å². The van der Waals surface area contributed by atoms with Gasteiger partial charge >= 0.3 is 12.1 Å². The smallest absolute Gasteiger partial charge is 0.408 e. The molecule has 1 amide bonds. The summed E-state index contributed by atoms with van der Waals surface area (Å²) in [6, 6.07) is -1.34. The van der Waals surface area contributed by atoms with Crippen molar-refractivity contribution in [2.45, 2.75) is 64.7 Å². The van der Waals surface area contributed by atoms with Crippen LogP contribution in [0.2, 0.25) is 0 Å². The normalized spacial score (nSPS) is 14.7. The van der Waals surface area contributed by atoms with E-state index in [2.05, 4.69) is 5.32 Å². The quantitative estimate of drug-likeness (QED) is 0.673. The van der Waals surface area contributed by atoms with Gasteiger partial charge in [0.1, 0.15) is 5.60 Å². The first-order valence-electron chi connectivity index (χ1n) is 6.07. The molecule has 0 aliphatic rings. The fraction of sp³-hybridized carbons (Fsp3) is 0.833. The van der Waals surface area contributed by atoms with Gasteiger partial charge in [-0.1, -0.05) is 19.8 Å². The Hall–Kier alpha value is -1.30. The maximum absolute atomic E-state index is 11.4. The van der Waals surface area contributed by atoms with Crippen molar-refractivity contribution < 1.29 is 24.5 Å². The molecule has 0 spiro atoms.